The molecule has 0 radical (unpaired) electrons. The molecule has 2 aliphatic rings. The van der Waals surface area contributed by atoms with Crippen LogP contribution in [0.1, 0.15) is 39.5 Å². The van der Waals surface area contributed by atoms with Crippen molar-refractivity contribution >= 4 is 33.8 Å². The van der Waals surface area contributed by atoms with E-state index in [2.05, 4.69) is 22.8 Å². The minimum Gasteiger partial charge on any atom is -0.316 e. The minimum atomic E-state index is -0.0666. The van der Waals surface area contributed by atoms with Crippen LogP contribution in [0.25, 0.3) is 0 Å². The van der Waals surface area contributed by atoms with E-state index in [-0.39, 0.29) is 17.7 Å². The molecule has 1 aliphatic carbocycles. The van der Waals surface area contributed by atoms with Crippen molar-refractivity contribution in [2.75, 3.05) is 11.9 Å². The van der Waals surface area contributed by atoms with Crippen molar-refractivity contribution in [1.29, 1.82) is 5.26 Å². The van der Waals surface area contributed by atoms with Crippen LogP contribution in [-0.2, 0) is 17.8 Å². The molecule has 1 saturated carbocycles. The molecule has 128 valence electrons. The van der Waals surface area contributed by atoms with Gasteiger partial charge < -0.3 is 10.6 Å². The van der Waals surface area contributed by atoms with Crippen molar-refractivity contribution in [2.45, 2.75) is 32.2 Å². The van der Waals surface area contributed by atoms with E-state index in [0.717, 1.165) is 52.5 Å². The first-order valence-electron chi connectivity index (χ1n) is 8.40. The van der Waals surface area contributed by atoms with Crippen LogP contribution in [-0.4, -0.2) is 12.5 Å². The Bertz CT molecular complexity index is 899. The first-order valence-corrected chi connectivity index (χ1v) is 9.60. The number of thiophene rings is 1. The van der Waals surface area contributed by atoms with Crippen LogP contribution < -0.4 is 10.6 Å². The summed E-state index contributed by atoms with van der Waals surface area (Å²) < 4.78 is 0. The zero-order chi connectivity index (χ0) is 17.6. The average molecular weight is 372 g/mol. The predicted octanol–water partition coefficient (Wildman–Crippen LogP) is 3.97. The van der Waals surface area contributed by atoms with Gasteiger partial charge in [0.15, 0.2) is 0 Å². The van der Waals surface area contributed by atoms with E-state index in [0.29, 0.717) is 10.6 Å². The molecule has 0 saturated heterocycles. The highest BCUT2D eigenvalue weighted by atomic mass is 35.5. The number of benzene rings is 1. The lowest BCUT2D eigenvalue weighted by Gasteiger charge is -2.11. The smallest absolute Gasteiger partial charge is 0.228 e. The zero-order valence-corrected chi connectivity index (χ0v) is 15.4. The fraction of sp³-hybridized carbons (Fsp3) is 0.368. The summed E-state index contributed by atoms with van der Waals surface area (Å²) in [5.41, 5.74) is 3.93. The van der Waals surface area contributed by atoms with E-state index in [4.69, 9.17) is 11.6 Å². The Morgan fingerprint density at radius 3 is 3.12 bits per heavy atom. The van der Waals surface area contributed by atoms with Crippen LogP contribution >= 0.6 is 22.9 Å². The molecule has 4 rings (SSSR count). The van der Waals surface area contributed by atoms with Gasteiger partial charge in [-0.15, -0.1) is 11.3 Å². The van der Waals surface area contributed by atoms with Crippen LogP contribution in [0.2, 0.25) is 5.02 Å². The topological polar surface area (TPSA) is 64.9 Å². The third-order valence-corrected chi connectivity index (χ3v) is 6.45. The van der Waals surface area contributed by atoms with E-state index < -0.39 is 0 Å². The molecule has 1 aromatic carbocycles. The molecular weight excluding hydrogens is 354 g/mol. The van der Waals surface area contributed by atoms with Crippen molar-refractivity contribution in [3.05, 3.63) is 50.4 Å². The summed E-state index contributed by atoms with van der Waals surface area (Å²) in [6, 6.07) is 8.22. The second kappa shape index (κ2) is 6.45. The summed E-state index contributed by atoms with van der Waals surface area (Å²) in [6.45, 7) is 3.68. The van der Waals surface area contributed by atoms with Crippen LogP contribution in [0.4, 0.5) is 5.00 Å². The molecule has 2 heterocycles. The zero-order valence-electron chi connectivity index (χ0n) is 13.9. The number of amides is 1. The molecule has 2 atom stereocenters. The maximum atomic E-state index is 12.7. The fourth-order valence-corrected chi connectivity index (χ4v) is 4.95. The number of aryl methyl sites for hydroxylation is 1. The standard InChI is InChI=1S/C19H18ClN3OS/c1-10-2-3-16(20)13(6-10)12-7-14(12)18(24)23-19-15(8-21)11-4-5-22-9-17(11)25-19/h2-3,6,12,14,22H,4-5,7,9H2,1H3,(H,23,24). The number of rotatable bonds is 3. The van der Waals surface area contributed by atoms with Crippen LogP contribution in [0.15, 0.2) is 18.2 Å². The number of halogens is 1. The summed E-state index contributed by atoms with van der Waals surface area (Å²) in [5, 5.41) is 17.2. The minimum absolute atomic E-state index is 0.00868. The SMILES string of the molecule is Cc1ccc(Cl)c(C2CC2C(=O)Nc2sc3c(c2C#N)CCNC3)c1. The van der Waals surface area contributed by atoms with Gasteiger partial charge >= 0.3 is 0 Å². The van der Waals surface area contributed by atoms with Gasteiger partial charge in [-0.25, -0.2) is 0 Å². The summed E-state index contributed by atoms with van der Waals surface area (Å²) >= 11 is 7.82. The molecule has 6 heteroatoms. The maximum absolute atomic E-state index is 12.7. The molecule has 1 aromatic heterocycles. The quantitative estimate of drug-likeness (QED) is 0.857. The van der Waals surface area contributed by atoms with Crippen molar-refractivity contribution in [3.8, 4) is 6.07 Å². The second-order valence-corrected chi connectivity index (χ2v) is 8.22. The van der Waals surface area contributed by atoms with E-state index in [1.165, 1.54) is 11.3 Å². The number of anilines is 1. The summed E-state index contributed by atoms with van der Waals surface area (Å²) in [7, 11) is 0. The molecule has 1 fully saturated rings. The lowest BCUT2D eigenvalue weighted by Crippen LogP contribution is -2.22. The van der Waals surface area contributed by atoms with Gasteiger partial charge in [-0.1, -0.05) is 29.3 Å². The molecule has 4 nitrogen and oxygen atoms in total. The first-order chi connectivity index (χ1) is 12.1. The molecule has 2 N–H and O–H groups in total. The van der Waals surface area contributed by atoms with Gasteiger partial charge in [0, 0.05) is 22.4 Å². The number of carbonyl (C=O) groups is 1. The lowest BCUT2D eigenvalue weighted by molar-refractivity contribution is -0.117. The van der Waals surface area contributed by atoms with Gasteiger partial charge in [0.25, 0.3) is 0 Å². The number of nitrogens with one attached hydrogen (secondary N) is 2. The first kappa shape index (κ1) is 16.6. The predicted molar refractivity (Wildman–Crippen MR) is 100 cm³/mol. The second-order valence-electron chi connectivity index (χ2n) is 6.71. The molecule has 2 unspecified atom stereocenters. The Balaban J connectivity index is 1.52. The van der Waals surface area contributed by atoms with Crippen molar-refractivity contribution < 1.29 is 4.79 Å². The Kier molecular flexibility index (Phi) is 4.28. The van der Waals surface area contributed by atoms with Crippen LogP contribution in [0, 0.1) is 24.2 Å². The molecule has 1 amide bonds. The average Bonchev–Trinajstić information content (AvgIpc) is 3.32. The van der Waals surface area contributed by atoms with E-state index in [1.807, 2.05) is 19.1 Å². The van der Waals surface area contributed by atoms with Crippen molar-refractivity contribution in [3.63, 3.8) is 0 Å². The van der Waals surface area contributed by atoms with E-state index in [1.54, 1.807) is 0 Å². The monoisotopic (exact) mass is 371 g/mol. The maximum Gasteiger partial charge on any atom is 0.228 e. The normalized spacial score (nSPS) is 21.3. The van der Waals surface area contributed by atoms with Crippen LogP contribution in [0.5, 0.6) is 0 Å². The number of hydrogen-bond acceptors (Lipinski definition) is 4. The number of hydrogen-bond donors (Lipinski definition) is 2. The Labute approximate surface area is 155 Å². The van der Waals surface area contributed by atoms with Gasteiger partial charge in [0.2, 0.25) is 5.91 Å². The van der Waals surface area contributed by atoms with E-state index in [9.17, 15) is 10.1 Å². The third-order valence-electron chi connectivity index (χ3n) is 4.95. The fourth-order valence-electron chi connectivity index (χ4n) is 3.52. The number of nitrogens with zero attached hydrogens (tertiary/aromatic N) is 1. The Hall–Kier alpha value is -1.87. The summed E-state index contributed by atoms with van der Waals surface area (Å²) in [5.74, 6) is 0.0999. The summed E-state index contributed by atoms with van der Waals surface area (Å²) in [4.78, 5) is 13.8. The Morgan fingerprint density at radius 2 is 2.32 bits per heavy atom. The number of nitriles is 1. The van der Waals surface area contributed by atoms with Gasteiger partial charge in [-0.05, 0) is 49.4 Å². The van der Waals surface area contributed by atoms with Gasteiger partial charge in [-0.3, -0.25) is 4.79 Å². The highest BCUT2D eigenvalue weighted by molar-refractivity contribution is 7.16. The molecule has 1 aliphatic heterocycles. The van der Waals surface area contributed by atoms with Gasteiger partial charge in [0.1, 0.15) is 11.1 Å². The lowest BCUT2D eigenvalue weighted by atomic mass is 10.0. The van der Waals surface area contributed by atoms with Crippen LogP contribution in [0.3, 0.4) is 0 Å². The largest absolute Gasteiger partial charge is 0.316 e. The summed E-state index contributed by atoms with van der Waals surface area (Å²) in [6.07, 6.45) is 1.65. The molecule has 2 aromatic rings. The number of fused-ring (bicyclic) bond motifs is 1. The molecule has 0 spiro atoms. The van der Waals surface area contributed by atoms with E-state index >= 15 is 0 Å². The number of carbonyl (C=O) groups excluding carboxylic acids is 1. The van der Waals surface area contributed by atoms with Gasteiger partial charge in [0.05, 0.1) is 5.56 Å². The Morgan fingerprint density at radius 1 is 1.48 bits per heavy atom. The van der Waals surface area contributed by atoms with Crippen molar-refractivity contribution in [1.82, 2.24) is 5.32 Å². The molecule has 25 heavy (non-hydrogen) atoms. The molecular formula is C19H18ClN3OS. The molecule has 0 bridgehead atoms. The highest BCUT2D eigenvalue weighted by Crippen LogP contribution is 2.50. The van der Waals surface area contributed by atoms with Gasteiger partial charge in [-0.2, -0.15) is 5.26 Å². The highest BCUT2D eigenvalue weighted by Gasteiger charge is 2.45. The van der Waals surface area contributed by atoms with Crippen molar-refractivity contribution in [2.24, 2.45) is 5.92 Å². The third kappa shape index (κ3) is 3.06.